The van der Waals surface area contributed by atoms with Crippen molar-refractivity contribution in [3.8, 4) is 0 Å². The number of carbonyl (C=O) groups excluding carboxylic acids is 2. The lowest BCUT2D eigenvalue weighted by molar-refractivity contribution is -0.123. The molecule has 1 fully saturated rings. The summed E-state index contributed by atoms with van der Waals surface area (Å²) in [4.78, 5) is 32.3. The average Bonchev–Trinajstić information content (AvgIpc) is 2.75. The van der Waals surface area contributed by atoms with E-state index in [0.717, 1.165) is 10.5 Å². The second kappa shape index (κ2) is 7.40. The molecule has 1 aliphatic heterocycles. The smallest absolute Gasteiger partial charge is 0.305 e. The van der Waals surface area contributed by atoms with Crippen molar-refractivity contribution in [1.29, 1.82) is 0 Å². The fourth-order valence-corrected chi connectivity index (χ4v) is 3.80. The maximum atomic E-state index is 13.0. The lowest BCUT2D eigenvalue weighted by Crippen LogP contribution is -2.43. The van der Waals surface area contributed by atoms with Crippen molar-refractivity contribution in [2.75, 3.05) is 4.90 Å². The monoisotopic (exact) mass is 473 g/mol. The first-order valence-corrected chi connectivity index (χ1v) is 9.72. The molecule has 0 N–H and O–H groups in total. The third kappa shape index (κ3) is 4.17. The Kier molecular flexibility index (Phi) is 5.46. The van der Waals surface area contributed by atoms with E-state index in [1.54, 1.807) is 32.2 Å². The fourth-order valence-electron chi connectivity index (χ4n) is 2.85. The van der Waals surface area contributed by atoms with Gasteiger partial charge in [-0.3, -0.25) is 4.79 Å². The number of hydrogen-bond acceptors (Lipinski definition) is 4. The molecule has 0 unspecified atom stereocenters. The molecular formula is C18H15BrF3N3O2S. The van der Waals surface area contributed by atoms with Crippen LogP contribution in [0, 0.1) is 0 Å². The second-order valence-corrected chi connectivity index (χ2v) is 8.55. The van der Waals surface area contributed by atoms with Crippen LogP contribution in [0.4, 0.5) is 23.7 Å². The van der Waals surface area contributed by atoms with E-state index in [1.165, 1.54) is 29.2 Å². The van der Waals surface area contributed by atoms with E-state index in [4.69, 9.17) is 0 Å². The molecule has 28 heavy (non-hydrogen) atoms. The molecule has 148 valence electrons. The van der Waals surface area contributed by atoms with Crippen LogP contribution in [0.1, 0.15) is 19.4 Å². The van der Waals surface area contributed by atoms with Crippen LogP contribution in [0.25, 0.3) is 0 Å². The highest BCUT2D eigenvalue weighted by Crippen LogP contribution is 2.38. The van der Waals surface area contributed by atoms with Crippen LogP contribution in [0.2, 0.25) is 0 Å². The summed E-state index contributed by atoms with van der Waals surface area (Å²) < 4.78 is 38.1. The zero-order chi connectivity index (χ0) is 20.7. The van der Waals surface area contributed by atoms with Crippen LogP contribution in [-0.4, -0.2) is 32.9 Å². The Morgan fingerprint density at radius 1 is 1.14 bits per heavy atom. The average molecular weight is 474 g/mol. The van der Waals surface area contributed by atoms with Crippen LogP contribution in [-0.2, 0) is 11.3 Å². The molecule has 0 aliphatic carbocycles. The third-order valence-corrected chi connectivity index (χ3v) is 5.46. The molecule has 1 aliphatic rings. The number of hydrogen-bond donors (Lipinski definition) is 0. The van der Waals surface area contributed by atoms with Crippen LogP contribution < -0.4 is 4.90 Å². The van der Waals surface area contributed by atoms with Crippen molar-refractivity contribution in [2.45, 2.75) is 36.3 Å². The van der Waals surface area contributed by atoms with E-state index in [0.29, 0.717) is 4.60 Å². The van der Waals surface area contributed by atoms with Gasteiger partial charge in [0.25, 0.3) is 5.91 Å². The fraction of sp³-hybridized carbons (Fsp3) is 0.278. The highest BCUT2D eigenvalue weighted by atomic mass is 79.9. The molecule has 2 aromatic rings. The van der Waals surface area contributed by atoms with Crippen molar-refractivity contribution in [3.63, 3.8) is 0 Å². The normalized spacial score (nSPS) is 16.8. The summed E-state index contributed by atoms with van der Waals surface area (Å²) in [5.41, 5.74) is -4.49. The number of pyridine rings is 1. The van der Waals surface area contributed by atoms with Gasteiger partial charge >= 0.3 is 11.5 Å². The van der Waals surface area contributed by atoms with Gasteiger partial charge in [0, 0.05) is 17.6 Å². The van der Waals surface area contributed by atoms with Crippen LogP contribution in [0.5, 0.6) is 0 Å². The van der Waals surface area contributed by atoms with Gasteiger partial charge in [-0.2, -0.15) is 13.2 Å². The summed E-state index contributed by atoms with van der Waals surface area (Å²) in [5, 5.41) is 0. The van der Waals surface area contributed by atoms with Gasteiger partial charge in [-0.15, -0.1) is 0 Å². The highest BCUT2D eigenvalue weighted by Gasteiger charge is 2.51. The summed E-state index contributed by atoms with van der Waals surface area (Å²) in [6.45, 7) is 3.46. The van der Waals surface area contributed by atoms with Crippen molar-refractivity contribution >= 4 is 45.3 Å². The quantitative estimate of drug-likeness (QED) is 0.347. The third-order valence-electron chi connectivity index (χ3n) is 4.28. The number of aromatic nitrogens is 1. The molecule has 1 saturated heterocycles. The Labute approximate surface area is 172 Å². The number of carbonyl (C=O) groups is 2. The van der Waals surface area contributed by atoms with Crippen LogP contribution in [0.3, 0.4) is 0 Å². The maximum Gasteiger partial charge on any atom is 0.446 e. The largest absolute Gasteiger partial charge is 0.446 e. The Hall–Kier alpha value is -2.07. The molecule has 0 atom stereocenters. The highest BCUT2D eigenvalue weighted by molar-refractivity contribution is 9.10. The molecule has 2 heterocycles. The number of imide groups is 1. The number of nitrogens with zero attached hydrogens (tertiary/aromatic N) is 3. The Bertz CT molecular complexity index is 919. The summed E-state index contributed by atoms with van der Waals surface area (Å²) in [6.07, 6.45) is 1.59. The predicted octanol–water partition coefficient (Wildman–Crippen LogP) is 5.20. The van der Waals surface area contributed by atoms with E-state index in [2.05, 4.69) is 20.9 Å². The number of amides is 3. The Morgan fingerprint density at radius 2 is 1.79 bits per heavy atom. The molecule has 1 aromatic carbocycles. The van der Waals surface area contributed by atoms with Gasteiger partial charge in [-0.1, -0.05) is 0 Å². The number of halogens is 4. The molecule has 0 saturated carbocycles. The van der Waals surface area contributed by atoms with Gasteiger partial charge in [0.05, 0.1) is 5.69 Å². The molecule has 0 radical (unpaired) electrons. The van der Waals surface area contributed by atoms with Crippen molar-refractivity contribution < 1.29 is 22.8 Å². The summed E-state index contributed by atoms with van der Waals surface area (Å²) >= 11 is 3.02. The SMILES string of the molecule is CC1(C)C(=O)N(c2ccc(SC(F)(F)F)cc2)C(=O)N1Cc1ccnc(Br)c1. The predicted molar refractivity (Wildman–Crippen MR) is 103 cm³/mol. The molecule has 5 nitrogen and oxygen atoms in total. The van der Waals surface area contributed by atoms with E-state index in [9.17, 15) is 22.8 Å². The maximum absolute atomic E-state index is 13.0. The number of alkyl halides is 3. The minimum atomic E-state index is -4.40. The minimum absolute atomic E-state index is 0.0203. The van der Waals surface area contributed by atoms with Gasteiger partial charge in [0.2, 0.25) is 0 Å². The lowest BCUT2D eigenvalue weighted by atomic mass is 10.0. The molecule has 1 aromatic heterocycles. The summed E-state index contributed by atoms with van der Waals surface area (Å²) in [6, 6.07) is 8.12. The van der Waals surface area contributed by atoms with Crippen molar-refractivity contribution in [1.82, 2.24) is 9.88 Å². The zero-order valence-electron chi connectivity index (χ0n) is 14.8. The molecule has 3 amide bonds. The van der Waals surface area contributed by atoms with E-state index in [1.807, 2.05) is 0 Å². The zero-order valence-corrected chi connectivity index (χ0v) is 17.2. The number of rotatable bonds is 4. The van der Waals surface area contributed by atoms with E-state index >= 15 is 0 Å². The van der Waals surface area contributed by atoms with Crippen molar-refractivity contribution in [2.24, 2.45) is 0 Å². The van der Waals surface area contributed by atoms with E-state index in [-0.39, 0.29) is 28.9 Å². The van der Waals surface area contributed by atoms with Gasteiger partial charge < -0.3 is 4.90 Å². The van der Waals surface area contributed by atoms with Crippen LogP contribution in [0.15, 0.2) is 52.1 Å². The first-order valence-electron chi connectivity index (χ1n) is 8.11. The first kappa shape index (κ1) is 20.7. The Morgan fingerprint density at radius 3 is 2.36 bits per heavy atom. The van der Waals surface area contributed by atoms with Gasteiger partial charge in [-0.25, -0.2) is 14.7 Å². The molecule has 3 rings (SSSR count). The number of urea groups is 1. The molecule has 10 heteroatoms. The molecular weight excluding hydrogens is 459 g/mol. The van der Waals surface area contributed by atoms with Gasteiger partial charge in [-0.05, 0) is 83.5 Å². The number of anilines is 1. The number of thioether (sulfide) groups is 1. The second-order valence-electron chi connectivity index (χ2n) is 6.60. The standard InChI is InChI=1S/C18H15BrF3N3O2S/c1-17(2)15(26)25(12-3-5-13(6-4-12)28-18(20,21)22)16(27)24(17)10-11-7-8-23-14(19)9-11/h3-9H,10H2,1-2H3. The van der Waals surface area contributed by atoms with E-state index < -0.39 is 23.0 Å². The molecule has 0 spiro atoms. The molecule has 0 bridgehead atoms. The van der Waals surface area contributed by atoms with Gasteiger partial charge in [0.1, 0.15) is 10.1 Å². The minimum Gasteiger partial charge on any atom is -0.305 e. The van der Waals surface area contributed by atoms with Gasteiger partial charge in [0.15, 0.2) is 0 Å². The lowest BCUT2D eigenvalue weighted by Gasteiger charge is -2.27. The number of benzene rings is 1. The topological polar surface area (TPSA) is 53.5 Å². The summed E-state index contributed by atoms with van der Waals surface area (Å²) in [7, 11) is 0. The summed E-state index contributed by atoms with van der Waals surface area (Å²) in [5.74, 6) is -0.443. The van der Waals surface area contributed by atoms with Crippen molar-refractivity contribution in [3.05, 3.63) is 52.8 Å². The van der Waals surface area contributed by atoms with Crippen LogP contribution >= 0.6 is 27.7 Å². The Balaban J connectivity index is 1.86. The first-order chi connectivity index (χ1) is 13.0.